The SMILES string of the molecule is CCNC(=NCCc1cccc(O)c1)NC1CCN(CCCOC)CC1.I. The Morgan fingerprint density at radius 1 is 1.33 bits per heavy atom. The molecule has 154 valence electrons. The van der Waals surface area contributed by atoms with Gasteiger partial charge in [-0.2, -0.15) is 0 Å². The average molecular weight is 490 g/mol. The van der Waals surface area contributed by atoms with Gasteiger partial charge in [-0.05, 0) is 50.3 Å². The first-order chi connectivity index (χ1) is 12.7. The lowest BCUT2D eigenvalue weighted by Crippen LogP contribution is -2.49. The number of phenols is 1. The number of nitrogens with one attached hydrogen (secondary N) is 2. The van der Waals surface area contributed by atoms with Gasteiger partial charge in [0.15, 0.2) is 5.96 Å². The second kappa shape index (κ2) is 14.0. The van der Waals surface area contributed by atoms with Crippen LogP contribution in [0.15, 0.2) is 29.3 Å². The van der Waals surface area contributed by atoms with Gasteiger partial charge in [-0.15, -0.1) is 24.0 Å². The molecule has 0 amide bonds. The maximum Gasteiger partial charge on any atom is 0.191 e. The summed E-state index contributed by atoms with van der Waals surface area (Å²) in [6.45, 7) is 7.87. The molecule has 1 fully saturated rings. The second-order valence-electron chi connectivity index (χ2n) is 6.79. The standard InChI is InChI=1S/C20H34N4O2.HI/c1-3-21-20(22-11-8-17-6-4-7-19(25)16-17)23-18-9-13-24(14-10-18)12-5-15-26-2;/h4,6-7,16,18,25H,3,5,8-15H2,1-2H3,(H2,21,22,23);1H. The van der Waals surface area contributed by atoms with E-state index in [0.717, 1.165) is 70.0 Å². The highest BCUT2D eigenvalue weighted by Gasteiger charge is 2.19. The lowest BCUT2D eigenvalue weighted by Gasteiger charge is -2.33. The molecule has 0 aliphatic carbocycles. The molecule has 0 bridgehead atoms. The molecular formula is C20H35IN4O2. The van der Waals surface area contributed by atoms with Crippen molar-refractivity contribution in [3.05, 3.63) is 29.8 Å². The summed E-state index contributed by atoms with van der Waals surface area (Å²) in [7, 11) is 1.76. The van der Waals surface area contributed by atoms with Crippen LogP contribution in [0.25, 0.3) is 0 Å². The summed E-state index contributed by atoms with van der Waals surface area (Å²) in [5, 5.41) is 16.5. The Balaban J connectivity index is 0.00000364. The maximum absolute atomic E-state index is 9.54. The Morgan fingerprint density at radius 2 is 2.11 bits per heavy atom. The fraction of sp³-hybridized carbons (Fsp3) is 0.650. The topological polar surface area (TPSA) is 69.1 Å². The van der Waals surface area contributed by atoms with Crippen LogP contribution in [-0.4, -0.2) is 68.4 Å². The zero-order valence-corrected chi connectivity index (χ0v) is 18.9. The van der Waals surface area contributed by atoms with Crippen molar-refractivity contribution in [2.75, 3.05) is 46.4 Å². The molecule has 1 saturated heterocycles. The van der Waals surface area contributed by atoms with Crippen molar-refractivity contribution in [2.45, 2.75) is 38.6 Å². The number of phenolic OH excluding ortho intramolecular Hbond substituents is 1. The quantitative estimate of drug-likeness (QED) is 0.215. The molecule has 0 aromatic heterocycles. The number of methoxy groups -OCH3 is 1. The van der Waals surface area contributed by atoms with E-state index in [4.69, 9.17) is 9.73 Å². The van der Waals surface area contributed by atoms with Crippen molar-refractivity contribution < 1.29 is 9.84 Å². The highest BCUT2D eigenvalue weighted by molar-refractivity contribution is 14.0. The first kappa shape index (κ1) is 24.0. The van der Waals surface area contributed by atoms with Gasteiger partial charge in [0.05, 0.1) is 0 Å². The predicted molar refractivity (Wildman–Crippen MR) is 122 cm³/mol. The van der Waals surface area contributed by atoms with Crippen LogP contribution in [0, 0.1) is 0 Å². The van der Waals surface area contributed by atoms with Crippen LogP contribution < -0.4 is 10.6 Å². The van der Waals surface area contributed by atoms with Crippen LogP contribution in [0.3, 0.4) is 0 Å². The number of hydrogen-bond acceptors (Lipinski definition) is 4. The lowest BCUT2D eigenvalue weighted by molar-refractivity contribution is 0.155. The summed E-state index contributed by atoms with van der Waals surface area (Å²) in [5.41, 5.74) is 1.11. The van der Waals surface area contributed by atoms with Gasteiger partial charge in [-0.25, -0.2) is 0 Å². The fourth-order valence-corrected chi connectivity index (χ4v) is 3.26. The van der Waals surface area contributed by atoms with Crippen molar-refractivity contribution in [3.63, 3.8) is 0 Å². The summed E-state index contributed by atoms with van der Waals surface area (Å²) < 4.78 is 5.13. The first-order valence-electron chi connectivity index (χ1n) is 9.75. The third-order valence-corrected chi connectivity index (χ3v) is 4.68. The smallest absolute Gasteiger partial charge is 0.191 e. The van der Waals surface area contributed by atoms with Gasteiger partial charge >= 0.3 is 0 Å². The van der Waals surface area contributed by atoms with Crippen LogP contribution in [0.4, 0.5) is 0 Å². The number of aliphatic imine (C=N–C) groups is 1. The third-order valence-electron chi connectivity index (χ3n) is 4.68. The van der Waals surface area contributed by atoms with Crippen LogP contribution in [0.1, 0.15) is 31.7 Å². The van der Waals surface area contributed by atoms with Crippen LogP contribution in [-0.2, 0) is 11.2 Å². The van der Waals surface area contributed by atoms with Crippen LogP contribution in [0.5, 0.6) is 5.75 Å². The zero-order chi connectivity index (χ0) is 18.6. The summed E-state index contributed by atoms with van der Waals surface area (Å²) >= 11 is 0. The van der Waals surface area contributed by atoms with Gasteiger partial charge in [0.2, 0.25) is 0 Å². The van der Waals surface area contributed by atoms with Gasteiger partial charge < -0.3 is 25.4 Å². The van der Waals surface area contributed by atoms with E-state index in [1.165, 1.54) is 0 Å². The van der Waals surface area contributed by atoms with Crippen molar-refractivity contribution in [1.82, 2.24) is 15.5 Å². The van der Waals surface area contributed by atoms with E-state index in [1.54, 1.807) is 19.2 Å². The minimum absolute atomic E-state index is 0. The molecule has 0 radical (unpaired) electrons. The summed E-state index contributed by atoms with van der Waals surface area (Å²) in [5.74, 6) is 1.21. The summed E-state index contributed by atoms with van der Waals surface area (Å²) in [6, 6.07) is 7.87. The molecule has 0 unspecified atom stereocenters. The number of hydrogen-bond donors (Lipinski definition) is 3. The van der Waals surface area contributed by atoms with Gasteiger partial charge in [-0.1, -0.05) is 12.1 Å². The maximum atomic E-state index is 9.54. The van der Waals surface area contributed by atoms with Crippen molar-refractivity contribution in [2.24, 2.45) is 4.99 Å². The van der Waals surface area contributed by atoms with E-state index in [9.17, 15) is 5.11 Å². The molecule has 2 rings (SSSR count). The average Bonchev–Trinajstić information content (AvgIpc) is 2.64. The van der Waals surface area contributed by atoms with E-state index in [2.05, 4.69) is 22.5 Å². The Morgan fingerprint density at radius 3 is 2.78 bits per heavy atom. The Kier molecular flexibility index (Phi) is 12.4. The minimum atomic E-state index is 0. The molecule has 0 spiro atoms. The minimum Gasteiger partial charge on any atom is -0.508 e. The van der Waals surface area contributed by atoms with Crippen LogP contribution in [0.2, 0.25) is 0 Å². The highest BCUT2D eigenvalue weighted by atomic mass is 127. The Labute approximate surface area is 180 Å². The number of piperidine rings is 1. The number of likely N-dealkylation sites (tertiary alicyclic amines) is 1. The summed E-state index contributed by atoms with van der Waals surface area (Å²) in [6.07, 6.45) is 4.21. The summed E-state index contributed by atoms with van der Waals surface area (Å²) in [4.78, 5) is 7.21. The van der Waals surface area contributed by atoms with Gasteiger partial charge in [0.25, 0.3) is 0 Å². The molecule has 1 aromatic rings. The number of halogens is 1. The lowest BCUT2D eigenvalue weighted by atomic mass is 10.1. The van der Waals surface area contributed by atoms with Crippen LogP contribution >= 0.6 is 24.0 Å². The van der Waals surface area contributed by atoms with Crippen molar-refractivity contribution in [1.29, 1.82) is 0 Å². The highest BCUT2D eigenvalue weighted by Crippen LogP contribution is 2.12. The molecule has 0 saturated carbocycles. The number of ether oxygens (including phenoxy) is 1. The number of nitrogens with zero attached hydrogens (tertiary/aromatic N) is 2. The van der Waals surface area contributed by atoms with E-state index >= 15 is 0 Å². The van der Waals surface area contributed by atoms with E-state index < -0.39 is 0 Å². The van der Waals surface area contributed by atoms with Gasteiger partial charge in [-0.3, -0.25) is 4.99 Å². The zero-order valence-electron chi connectivity index (χ0n) is 16.6. The number of aromatic hydroxyl groups is 1. The monoisotopic (exact) mass is 490 g/mol. The third kappa shape index (κ3) is 9.62. The van der Waals surface area contributed by atoms with E-state index in [1.807, 2.05) is 12.1 Å². The second-order valence-corrected chi connectivity index (χ2v) is 6.79. The first-order valence-corrected chi connectivity index (χ1v) is 9.75. The molecular weight excluding hydrogens is 455 g/mol. The molecule has 6 nitrogen and oxygen atoms in total. The molecule has 3 N–H and O–H groups in total. The molecule has 1 heterocycles. The predicted octanol–water partition coefficient (Wildman–Crippen LogP) is 2.61. The van der Waals surface area contributed by atoms with Crippen molar-refractivity contribution in [3.8, 4) is 5.75 Å². The molecule has 1 aliphatic rings. The number of guanidine groups is 1. The molecule has 27 heavy (non-hydrogen) atoms. The van der Waals surface area contributed by atoms with E-state index in [0.29, 0.717) is 18.3 Å². The van der Waals surface area contributed by atoms with Gasteiger partial charge in [0.1, 0.15) is 5.75 Å². The molecule has 7 heteroatoms. The molecule has 1 aliphatic heterocycles. The Bertz CT molecular complexity index is 549. The van der Waals surface area contributed by atoms with E-state index in [-0.39, 0.29) is 24.0 Å². The number of rotatable bonds is 9. The van der Waals surface area contributed by atoms with Gasteiger partial charge in [0, 0.05) is 52.5 Å². The Hall–Kier alpha value is -1.06. The molecule has 0 atom stereocenters. The van der Waals surface area contributed by atoms with Crippen molar-refractivity contribution >= 4 is 29.9 Å². The normalized spacial score (nSPS) is 16.0. The largest absolute Gasteiger partial charge is 0.508 e. The molecule has 1 aromatic carbocycles. The fourth-order valence-electron chi connectivity index (χ4n) is 3.26. The number of benzene rings is 1.